The third-order valence-corrected chi connectivity index (χ3v) is 7.11. The molecular weight excluding hydrogens is 406 g/mol. The summed E-state index contributed by atoms with van der Waals surface area (Å²) in [6.45, 7) is 0. The molecule has 0 aromatic heterocycles. The van der Waals surface area contributed by atoms with E-state index in [2.05, 4.69) is 4.72 Å². The first kappa shape index (κ1) is 19.7. The van der Waals surface area contributed by atoms with Crippen LogP contribution < -0.4 is 13.8 Å². The summed E-state index contributed by atoms with van der Waals surface area (Å²) in [5.41, 5.74) is 0.486. The molecule has 0 bridgehead atoms. The average molecular weight is 421 g/mol. The van der Waals surface area contributed by atoms with Crippen molar-refractivity contribution in [1.82, 2.24) is 0 Å². The van der Waals surface area contributed by atoms with Gasteiger partial charge in [0.05, 0.1) is 30.2 Å². The van der Waals surface area contributed by atoms with Crippen molar-refractivity contribution in [2.75, 3.05) is 21.9 Å². The van der Waals surface area contributed by atoms with Gasteiger partial charge in [-0.25, -0.2) is 21.1 Å². The van der Waals surface area contributed by atoms with Gasteiger partial charge in [-0.15, -0.1) is 0 Å². The van der Waals surface area contributed by atoms with Crippen molar-refractivity contribution < 1.29 is 26.4 Å². The Bertz CT molecular complexity index is 1180. The number of nitrogens with one attached hydrogen (secondary N) is 1. The quantitative estimate of drug-likeness (QED) is 0.772. The molecule has 0 spiro atoms. The van der Waals surface area contributed by atoms with Gasteiger partial charge >= 0.3 is 0 Å². The first-order valence-electron chi connectivity index (χ1n) is 7.95. The van der Waals surface area contributed by atoms with E-state index in [9.17, 15) is 21.6 Å². The van der Waals surface area contributed by atoms with Crippen LogP contribution >= 0.6 is 0 Å². The molecule has 1 N–H and O–H groups in total. The number of anilines is 2. The number of benzene rings is 2. The summed E-state index contributed by atoms with van der Waals surface area (Å²) in [5.74, 6) is -0.980. The van der Waals surface area contributed by atoms with E-state index in [1.807, 2.05) is 6.07 Å². The standard InChI is InChI=1S/C17H15N3O6S2/c1-26-15-7-6-14(20-17(21)8-9-27(20,22)23)10-16(15)28(24,25)19-13-4-2-12(11-18)3-5-13/h2-7,10,19H,8-9H2,1H3. The molecule has 0 unspecified atom stereocenters. The molecule has 1 aliphatic rings. The minimum absolute atomic E-state index is 0.0195. The molecule has 28 heavy (non-hydrogen) atoms. The Kier molecular flexibility index (Phi) is 5.01. The summed E-state index contributed by atoms with van der Waals surface area (Å²) in [4.78, 5) is 11.7. The molecular formula is C17H15N3O6S2. The number of hydrogen-bond acceptors (Lipinski definition) is 7. The fraction of sp³-hybridized carbons (Fsp3) is 0.176. The molecule has 146 valence electrons. The lowest BCUT2D eigenvalue weighted by Crippen LogP contribution is -2.29. The number of nitrogens with zero attached hydrogens (tertiary/aromatic N) is 2. The second-order valence-electron chi connectivity index (χ2n) is 5.85. The zero-order valence-corrected chi connectivity index (χ0v) is 16.2. The number of ether oxygens (including phenoxy) is 1. The van der Waals surface area contributed by atoms with Crippen molar-refractivity contribution in [1.29, 1.82) is 5.26 Å². The van der Waals surface area contributed by atoms with Crippen LogP contribution in [0.1, 0.15) is 12.0 Å². The number of hydrogen-bond donors (Lipinski definition) is 1. The summed E-state index contributed by atoms with van der Waals surface area (Å²) >= 11 is 0. The Morgan fingerprint density at radius 1 is 1.18 bits per heavy atom. The average Bonchev–Trinajstić information content (AvgIpc) is 2.94. The minimum atomic E-state index is -4.17. The molecule has 1 fully saturated rings. The Labute approximate surface area is 162 Å². The van der Waals surface area contributed by atoms with Gasteiger partial charge < -0.3 is 4.74 Å². The fourth-order valence-corrected chi connectivity index (χ4v) is 5.39. The van der Waals surface area contributed by atoms with Crippen molar-refractivity contribution >= 4 is 37.3 Å². The Morgan fingerprint density at radius 2 is 1.86 bits per heavy atom. The lowest BCUT2D eigenvalue weighted by atomic mass is 10.2. The number of amides is 1. The monoisotopic (exact) mass is 421 g/mol. The highest BCUT2D eigenvalue weighted by atomic mass is 32.2. The van der Waals surface area contributed by atoms with Crippen LogP contribution in [0.4, 0.5) is 11.4 Å². The van der Waals surface area contributed by atoms with Crippen LogP contribution in [-0.4, -0.2) is 35.6 Å². The van der Waals surface area contributed by atoms with E-state index < -0.39 is 26.0 Å². The van der Waals surface area contributed by atoms with E-state index >= 15 is 0 Å². The molecule has 2 aromatic carbocycles. The van der Waals surface area contributed by atoms with Gasteiger partial charge in [0, 0.05) is 12.1 Å². The van der Waals surface area contributed by atoms with E-state index in [1.54, 1.807) is 0 Å². The molecule has 1 heterocycles. The van der Waals surface area contributed by atoms with Crippen LogP contribution in [-0.2, 0) is 24.8 Å². The van der Waals surface area contributed by atoms with Gasteiger partial charge in [0.1, 0.15) is 10.6 Å². The van der Waals surface area contributed by atoms with Crippen molar-refractivity contribution in [3.63, 3.8) is 0 Å². The molecule has 9 nitrogen and oxygen atoms in total. The smallest absolute Gasteiger partial charge is 0.265 e. The molecule has 1 amide bonds. The lowest BCUT2D eigenvalue weighted by Gasteiger charge is -2.18. The maximum atomic E-state index is 12.8. The predicted molar refractivity (Wildman–Crippen MR) is 101 cm³/mol. The molecule has 1 saturated heterocycles. The van der Waals surface area contributed by atoms with Crippen LogP contribution in [0.3, 0.4) is 0 Å². The van der Waals surface area contributed by atoms with E-state index in [-0.39, 0.29) is 34.2 Å². The number of methoxy groups -OCH3 is 1. The Morgan fingerprint density at radius 3 is 2.39 bits per heavy atom. The number of carbonyl (C=O) groups is 1. The van der Waals surface area contributed by atoms with Gasteiger partial charge in [-0.05, 0) is 42.5 Å². The maximum absolute atomic E-state index is 12.8. The zero-order valence-electron chi connectivity index (χ0n) is 14.6. The van der Waals surface area contributed by atoms with Crippen LogP contribution in [0, 0.1) is 11.3 Å². The largest absolute Gasteiger partial charge is 0.495 e. The van der Waals surface area contributed by atoms with Crippen LogP contribution in [0.15, 0.2) is 47.4 Å². The third-order valence-electron chi connectivity index (χ3n) is 4.02. The lowest BCUT2D eigenvalue weighted by molar-refractivity contribution is -0.116. The summed E-state index contributed by atoms with van der Waals surface area (Å²) < 4.78 is 57.9. The highest BCUT2D eigenvalue weighted by Gasteiger charge is 2.37. The Balaban J connectivity index is 2.04. The van der Waals surface area contributed by atoms with Gasteiger partial charge in [0.2, 0.25) is 15.9 Å². The normalized spacial score (nSPS) is 15.9. The topological polar surface area (TPSA) is 134 Å². The van der Waals surface area contributed by atoms with E-state index in [0.29, 0.717) is 9.87 Å². The molecule has 1 aliphatic heterocycles. The molecule has 0 atom stereocenters. The van der Waals surface area contributed by atoms with Crippen LogP contribution in [0.2, 0.25) is 0 Å². The highest BCUT2D eigenvalue weighted by molar-refractivity contribution is 7.94. The van der Waals surface area contributed by atoms with Gasteiger partial charge in [0.15, 0.2) is 0 Å². The summed E-state index contributed by atoms with van der Waals surface area (Å²) in [7, 11) is -6.74. The molecule has 0 radical (unpaired) electrons. The van der Waals surface area contributed by atoms with Gasteiger partial charge in [-0.3, -0.25) is 9.52 Å². The number of sulfonamides is 2. The molecule has 0 aliphatic carbocycles. The minimum Gasteiger partial charge on any atom is -0.495 e. The number of carbonyl (C=O) groups excluding carboxylic acids is 1. The number of nitriles is 1. The van der Waals surface area contributed by atoms with Gasteiger partial charge in [-0.1, -0.05) is 0 Å². The van der Waals surface area contributed by atoms with Gasteiger partial charge in [0.25, 0.3) is 10.0 Å². The number of rotatable bonds is 5. The fourth-order valence-electron chi connectivity index (χ4n) is 2.69. The van der Waals surface area contributed by atoms with Crippen LogP contribution in [0.25, 0.3) is 0 Å². The van der Waals surface area contributed by atoms with Crippen molar-refractivity contribution in [3.05, 3.63) is 48.0 Å². The van der Waals surface area contributed by atoms with Crippen molar-refractivity contribution in [3.8, 4) is 11.8 Å². The molecule has 0 saturated carbocycles. The van der Waals surface area contributed by atoms with Crippen LogP contribution in [0.5, 0.6) is 5.75 Å². The summed E-state index contributed by atoms with van der Waals surface area (Å²) in [6.07, 6.45) is -0.167. The maximum Gasteiger partial charge on any atom is 0.265 e. The van der Waals surface area contributed by atoms with E-state index in [0.717, 1.165) is 6.07 Å². The first-order valence-corrected chi connectivity index (χ1v) is 11.0. The molecule has 3 rings (SSSR count). The van der Waals surface area contributed by atoms with E-state index in [1.165, 1.54) is 43.5 Å². The van der Waals surface area contributed by atoms with Gasteiger partial charge in [-0.2, -0.15) is 5.26 Å². The van der Waals surface area contributed by atoms with Crippen molar-refractivity contribution in [2.45, 2.75) is 11.3 Å². The summed E-state index contributed by atoms with van der Waals surface area (Å²) in [5, 5.41) is 8.82. The third kappa shape index (κ3) is 3.64. The zero-order chi connectivity index (χ0) is 20.5. The SMILES string of the molecule is COc1ccc(N2C(=O)CCS2(=O)=O)cc1S(=O)(=O)Nc1ccc(C#N)cc1. The second kappa shape index (κ2) is 7.14. The second-order valence-corrected chi connectivity index (χ2v) is 9.44. The first-order chi connectivity index (χ1) is 13.2. The predicted octanol–water partition coefficient (Wildman–Crippen LogP) is 1.43. The highest BCUT2D eigenvalue weighted by Crippen LogP contribution is 2.33. The van der Waals surface area contributed by atoms with Crippen molar-refractivity contribution in [2.24, 2.45) is 0 Å². The Hall–Kier alpha value is -3.10. The molecule has 11 heteroatoms. The molecule has 2 aromatic rings. The summed E-state index contributed by atoms with van der Waals surface area (Å²) in [6, 6.07) is 11.3. The van der Waals surface area contributed by atoms with E-state index in [4.69, 9.17) is 10.00 Å².